The van der Waals surface area contributed by atoms with Crippen LogP contribution in [0, 0.1) is 11.8 Å². The third-order valence-corrected chi connectivity index (χ3v) is 4.49. The van der Waals surface area contributed by atoms with E-state index in [4.69, 9.17) is 0 Å². The van der Waals surface area contributed by atoms with E-state index in [9.17, 15) is 18.1 Å². The third-order valence-electron chi connectivity index (χ3n) is 3.12. The average molecular weight is 244 g/mol. The van der Waals surface area contributed by atoms with Crippen molar-refractivity contribution in [3.8, 4) is 0 Å². The maximum Gasteiger partial charge on any atom is 1.00 e. The van der Waals surface area contributed by atoms with Crippen LogP contribution in [0.2, 0.25) is 0 Å². The van der Waals surface area contributed by atoms with Crippen molar-refractivity contribution in [2.24, 2.45) is 11.8 Å². The van der Waals surface area contributed by atoms with Crippen molar-refractivity contribution in [3.63, 3.8) is 0 Å². The van der Waals surface area contributed by atoms with E-state index in [-0.39, 0.29) is 41.9 Å². The van der Waals surface area contributed by atoms with Crippen molar-refractivity contribution in [2.45, 2.75) is 44.5 Å². The maximum atomic E-state index is 11.0. The van der Waals surface area contributed by atoms with Crippen LogP contribution in [0.15, 0.2) is 0 Å². The van der Waals surface area contributed by atoms with Gasteiger partial charge < -0.3 is 9.66 Å². The summed E-state index contributed by atoms with van der Waals surface area (Å²) in [5, 5.41) is 9.94. The molecule has 2 atom stereocenters. The van der Waals surface area contributed by atoms with Crippen LogP contribution >= 0.6 is 0 Å². The molecule has 6 heteroatoms. The quantitative estimate of drug-likeness (QED) is 0.453. The molecule has 0 aromatic heterocycles. The number of hydrogen-bond acceptors (Lipinski definition) is 4. The van der Waals surface area contributed by atoms with Crippen molar-refractivity contribution in [3.05, 3.63) is 0 Å². The third kappa shape index (κ3) is 3.17. The molecular formula is C9H17NaO4S. The Kier molecular flexibility index (Phi) is 5.79. The molecule has 84 valence electrons. The Bertz CT molecular complexity index is 301. The predicted molar refractivity (Wildman–Crippen MR) is 51.4 cm³/mol. The minimum Gasteiger partial charge on any atom is -0.746 e. The van der Waals surface area contributed by atoms with Gasteiger partial charge in [-0.25, -0.2) is 8.42 Å². The second kappa shape index (κ2) is 5.47. The summed E-state index contributed by atoms with van der Waals surface area (Å²) in [5.74, 6) is -0.400. The van der Waals surface area contributed by atoms with Crippen LogP contribution in [-0.2, 0) is 10.1 Å². The van der Waals surface area contributed by atoms with Gasteiger partial charge in [0.05, 0.1) is 0 Å². The van der Waals surface area contributed by atoms with Crippen LogP contribution in [0.4, 0.5) is 0 Å². The van der Waals surface area contributed by atoms with E-state index in [0.717, 1.165) is 6.42 Å². The van der Waals surface area contributed by atoms with Crippen molar-refractivity contribution in [1.82, 2.24) is 0 Å². The summed E-state index contributed by atoms with van der Waals surface area (Å²) in [6.45, 7) is 3.68. The second-order valence-electron chi connectivity index (χ2n) is 4.40. The summed E-state index contributed by atoms with van der Waals surface area (Å²) in [7, 11) is -4.61. The Balaban J connectivity index is 0.00000196. The molecule has 0 bridgehead atoms. The van der Waals surface area contributed by atoms with E-state index in [2.05, 4.69) is 0 Å². The molecule has 0 radical (unpaired) electrons. The minimum atomic E-state index is -4.61. The van der Waals surface area contributed by atoms with Crippen molar-refractivity contribution >= 4 is 10.1 Å². The molecule has 0 aromatic rings. The van der Waals surface area contributed by atoms with Crippen LogP contribution in [0.1, 0.15) is 39.5 Å². The van der Waals surface area contributed by atoms with Crippen molar-refractivity contribution in [2.75, 3.05) is 0 Å². The van der Waals surface area contributed by atoms with Gasteiger partial charge in [0.25, 0.3) is 0 Å². The van der Waals surface area contributed by atoms with E-state index < -0.39 is 21.0 Å². The van der Waals surface area contributed by atoms with Gasteiger partial charge in [0.2, 0.25) is 0 Å². The fraction of sp³-hybridized carbons (Fsp3) is 1.00. The fourth-order valence-electron chi connectivity index (χ4n) is 2.32. The van der Waals surface area contributed by atoms with Gasteiger partial charge >= 0.3 is 29.6 Å². The van der Waals surface area contributed by atoms with Crippen LogP contribution in [0.3, 0.4) is 0 Å². The van der Waals surface area contributed by atoms with Crippen molar-refractivity contribution in [1.29, 1.82) is 0 Å². The Labute approximate surface area is 113 Å². The first-order valence-corrected chi connectivity index (χ1v) is 6.37. The SMILES string of the molecule is CC(C)C1CCCCC1(O)S(=O)(=O)[O-].[Na+]. The summed E-state index contributed by atoms with van der Waals surface area (Å²) in [5.41, 5.74) is 0. The van der Waals surface area contributed by atoms with Gasteiger partial charge in [-0.15, -0.1) is 0 Å². The van der Waals surface area contributed by atoms with E-state index in [1.165, 1.54) is 0 Å². The minimum absolute atomic E-state index is 0. The smallest absolute Gasteiger partial charge is 0.746 e. The molecule has 15 heavy (non-hydrogen) atoms. The van der Waals surface area contributed by atoms with Crippen LogP contribution < -0.4 is 29.6 Å². The fourth-order valence-corrected chi connectivity index (χ4v) is 3.47. The average Bonchev–Trinajstić information content (AvgIpc) is 2.02. The van der Waals surface area contributed by atoms with Gasteiger partial charge in [-0.2, -0.15) is 0 Å². The van der Waals surface area contributed by atoms with Gasteiger partial charge in [-0.05, 0) is 25.2 Å². The number of aliphatic hydroxyl groups is 1. The summed E-state index contributed by atoms with van der Waals surface area (Å²) in [4.78, 5) is -2.03. The molecule has 1 aliphatic carbocycles. The summed E-state index contributed by atoms with van der Waals surface area (Å²) in [6, 6.07) is 0. The van der Waals surface area contributed by atoms with Gasteiger partial charge in [-0.3, -0.25) is 0 Å². The van der Waals surface area contributed by atoms with E-state index in [0.29, 0.717) is 12.8 Å². The van der Waals surface area contributed by atoms with E-state index in [1.807, 2.05) is 13.8 Å². The summed E-state index contributed by atoms with van der Waals surface area (Å²) in [6.07, 6.45) is 2.21. The van der Waals surface area contributed by atoms with E-state index in [1.54, 1.807) is 0 Å². The first-order chi connectivity index (χ1) is 6.29. The van der Waals surface area contributed by atoms with E-state index >= 15 is 0 Å². The number of rotatable bonds is 2. The molecule has 0 saturated heterocycles. The molecule has 0 aromatic carbocycles. The Hall–Kier alpha value is 0.870. The zero-order valence-electron chi connectivity index (χ0n) is 9.56. The number of hydrogen-bond donors (Lipinski definition) is 1. The topological polar surface area (TPSA) is 77.4 Å². The second-order valence-corrected chi connectivity index (χ2v) is 6.01. The summed E-state index contributed by atoms with van der Waals surface area (Å²) < 4.78 is 33.1. The Morgan fingerprint density at radius 2 is 1.93 bits per heavy atom. The molecule has 1 fully saturated rings. The maximum absolute atomic E-state index is 11.0. The largest absolute Gasteiger partial charge is 1.00 e. The normalized spacial score (nSPS) is 32.5. The molecule has 1 N–H and O–H groups in total. The molecule has 4 nitrogen and oxygen atoms in total. The van der Waals surface area contributed by atoms with Crippen molar-refractivity contribution < 1.29 is 47.6 Å². The van der Waals surface area contributed by atoms with Gasteiger partial charge in [0, 0.05) is 5.92 Å². The first kappa shape index (κ1) is 15.9. The molecular weight excluding hydrogens is 227 g/mol. The molecule has 1 rings (SSSR count). The molecule has 0 amide bonds. The van der Waals surface area contributed by atoms with Crippen LogP contribution in [0.5, 0.6) is 0 Å². The molecule has 1 saturated carbocycles. The Morgan fingerprint density at radius 1 is 1.40 bits per heavy atom. The predicted octanol–water partition coefficient (Wildman–Crippen LogP) is -1.93. The van der Waals surface area contributed by atoms with Gasteiger partial charge in [-0.1, -0.05) is 20.3 Å². The first-order valence-electron chi connectivity index (χ1n) is 4.97. The molecule has 0 aliphatic heterocycles. The molecule has 0 heterocycles. The zero-order chi connectivity index (χ0) is 11.0. The van der Waals surface area contributed by atoms with Crippen LogP contribution in [0.25, 0.3) is 0 Å². The molecule has 2 unspecified atom stereocenters. The molecule has 0 spiro atoms. The molecule has 1 aliphatic rings. The van der Waals surface area contributed by atoms with Gasteiger partial charge in [0.1, 0.15) is 10.1 Å². The zero-order valence-corrected chi connectivity index (χ0v) is 12.4. The summed E-state index contributed by atoms with van der Waals surface area (Å²) >= 11 is 0. The Morgan fingerprint density at radius 3 is 2.27 bits per heavy atom. The van der Waals surface area contributed by atoms with Gasteiger partial charge in [0.15, 0.2) is 4.93 Å². The standard InChI is InChI=1S/C9H18O4S.Na/c1-7(2)8-5-3-4-6-9(8,10)14(11,12)13;/h7-8,10H,3-6H2,1-2H3,(H,11,12,13);/q;+1/p-1. The monoisotopic (exact) mass is 244 g/mol. The van der Waals surface area contributed by atoms with Crippen LogP contribution in [-0.4, -0.2) is 23.0 Å².